The maximum Gasteiger partial charge on any atom is 0.119 e. The van der Waals surface area contributed by atoms with Crippen LogP contribution in [0, 0.1) is 6.92 Å². The number of rotatable bonds is 6. The molecule has 0 radical (unpaired) electrons. The van der Waals surface area contributed by atoms with Gasteiger partial charge < -0.3 is 10.1 Å². The van der Waals surface area contributed by atoms with Gasteiger partial charge in [0, 0.05) is 4.88 Å². The van der Waals surface area contributed by atoms with Gasteiger partial charge in [-0.15, -0.1) is 11.3 Å². The van der Waals surface area contributed by atoms with E-state index in [4.69, 9.17) is 4.74 Å². The fourth-order valence-corrected chi connectivity index (χ4v) is 3.84. The van der Waals surface area contributed by atoms with E-state index in [0.717, 1.165) is 12.3 Å². The van der Waals surface area contributed by atoms with Gasteiger partial charge in [-0.25, -0.2) is 0 Å². The van der Waals surface area contributed by atoms with E-state index in [-0.39, 0.29) is 6.04 Å². The molecule has 2 nitrogen and oxygen atoms in total. The first-order valence-corrected chi connectivity index (χ1v) is 8.48. The van der Waals surface area contributed by atoms with Crippen LogP contribution in [0.25, 0.3) is 0 Å². The van der Waals surface area contributed by atoms with Crippen LogP contribution in [0.1, 0.15) is 35.9 Å². The molecule has 1 aromatic carbocycles. The smallest absolute Gasteiger partial charge is 0.119 e. The van der Waals surface area contributed by atoms with Crippen LogP contribution in [0.3, 0.4) is 0 Å². The average molecular weight is 354 g/mol. The second-order valence-corrected chi connectivity index (χ2v) is 7.00. The van der Waals surface area contributed by atoms with Crippen molar-refractivity contribution < 1.29 is 4.74 Å². The standard InChI is InChI=1S/C16H20BrNOS/c1-4-18-15(14-9-11(3)16(17)20-14)12-7-6-8-13(10-12)19-5-2/h6-10,15,18H,4-5H2,1-3H3. The summed E-state index contributed by atoms with van der Waals surface area (Å²) < 4.78 is 6.81. The number of hydrogen-bond acceptors (Lipinski definition) is 3. The highest BCUT2D eigenvalue weighted by Crippen LogP contribution is 2.35. The summed E-state index contributed by atoms with van der Waals surface area (Å²) in [5, 5.41) is 3.56. The van der Waals surface area contributed by atoms with Gasteiger partial charge in [0.25, 0.3) is 0 Å². The van der Waals surface area contributed by atoms with E-state index < -0.39 is 0 Å². The molecule has 20 heavy (non-hydrogen) atoms. The van der Waals surface area contributed by atoms with E-state index in [1.54, 1.807) is 11.3 Å². The first-order valence-electron chi connectivity index (χ1n) is 6.87. The van der Waals surface area contributed by atoms with E-state index in [2.05, 4.69) is 59.4 Å². The fraction of sp³-hybridized carbons (Fsp3) is 0.375. The van der Waals surface area contributed by atoms with Gasteiger partial charge in [0.2, 0.25) is 0 Å². The van der Waals surface area contributed by atoms with Crippen molar-refractivity contribution in [2.24, 2.45) is 0 Å². The lowest BCUT2D eigenvalue weighted by molar-refractivity contribution is 0.339. The Morgan fingerprint density at radius 2 is 2.10 bits per heavy atom. The van der Waals surface area contributed by atoms with E-state index >= 15 is 0 Å². The van der Waals surface area contributed by atoms with Gasteiger partial charge in [-0.05, 0) is 65.6 Å². The molecule has 1 N–H and O–H groups in total. The van der Waals surface area contributed by atoms with Crippen molar-refractivity contribution in [2.45, 2.75) is 26.8 Å². The molecule has 0 fully saturated rings. The van der Waals surface area contributed by atoms with Crippen LogP contribution in [0.15, 0.2) is 34.1 Å². The van der Waals surface area contributed by atoms with Gasteiger partial charge in [-0.1, -0.05) is 19.1 Å². The molecule has 0 amide bonds. The number of thiophene rings is 1. The molecule has 0 spiro atoms. The maximum atomic E-state index is 5.61. The Morgan fingerprint density at radius 3 is 2.70 bits per heavy atom. The van der Waals surface area contributed by atoms with Crippen molar-refractivity contribution >= 4 is 27.3 Å². The molecule has 2 aromatic rings. The lowest BCUT2D eigenvalue weighted by Gasteiger charge is -2.18. The number of ether oxygens (including phenoxy) is 1. The Bertz CT molecular complexity index is 548. The van der Waals surface area contributed by atoms with Crippen molar-refractivity contribution in [3.05, 3.63) is 50.1 Å². The first kappa shape index (κ1) is 15.5. The van der Waals surface area contributed by atoms with E-state index in [9.17, 15) is 0 Å². The lowest BCUT2D eigenvalue weighted by atomic mass is 10.0. The summed E-state index contributed by atoms with van der Waals surface area (Å²) in [4.78, 5) is 1.32. The highest BCUT2D eigenvalue weighted by molar-refractivity contribution is 9.11. The molecule has 4 heteroatoms. The molecule has 108 valence electrons. The summed E-state index contributed by atoms with van der Waals surface area (Å²) >= 11 is 5.40. The van der Waals surface area contributed by atoms with Gasteiger partial charge in [0.15, 0.2) is 0 Å². The molecule has 1 unspecified atom stereocenters. The Morgan fingerprint density at radius 1 is 1.30 bits per heavy atom. The Balaban J connectivity index is 2.34. The van der Waals surface area contributed by atoms with Crippen LogP contribution < -0.4 is 10.1 Å². The molecule has 0 aliphatic rings. The maximum absolute atomic E-state index is 5.61. The SMILES string of the molecule is CCNC(c1cccc(OCC)c1)c1cc(C)c(Br)s1. The van der Waals surface area contributed by atoms with Crippen molar-refractivity contribution in [1.29, 1.82) is 0 Å². The zero-order chi connectivity index (χ0) is 14.5. The molecule has 0 saturated heterocycles. The number of aryl methyl sites for hydroxylation is 1. The monoisotopic (exact) mass is 353 g/mol. The van der Waals surface area contributed by atoms with Crippen LogP contribution in [0.5, 0.6) is 5.75 Å². The molecular weight excluding hydrogens is 334 g/mol. The molecule has 1 aromatic heterocycles. The zero-order valence-corrected chi connectivity index (χ0v) is 14.5. The predicted octanol–water partition coefficient (Wildman–Crippen LogP) is 4.92. The number of benzene rings is 1. The lowest BCUT2D eigenvalue weighted by Crippen LogP contribution is -2.21. The van der Waals surface area contributed by atoms with E-state index in [0.29, 0.717) is 6.61 Å². The minimum Gasteiger partial charge on any atom is -0.494 e. The molecule has 0 aliphatic carbocycles. The first-order chi connectivity index (χ1) is 9.65. The molecule has 0 saturated carbocycles. The predicted molar refractivity (Wildman–Crippen MR) is 89.9 cm³/mol. The third-order valence-corrected chi connectivity index (χ3v) is 5.27. The fourth-order valence-electron chi connectivity index (χ4n) is 2.16. The number of halogens is 1. The Hall–Kier alpha value is -0.840. The molecular formula is C16H20BrNOS. The second-order valence-electron chi connectivity index (χ2n) is 4.60. The molecule has 1 atom stereocenters. The van der Waals surface area contributed by atoms with E-state index in [1.807, 2.05) is 13.0 Å². The highest BCUT2D eigenvalue weighted by atomic mass is 79.9. The Labute approximate surface area is 133 Å². The van der Waals surface area contributed by atoms with Crippen LogP contribution in [-0.4, -0.2) is 13.2 Å². The molecule has 2 rings (SSSR count). The molecule has 0 aliphatic heterocycles. The summed E-state index contributed by atoms with van der Waals surface area (Å²) in [5.74, 6) is 0.931. The third-order valence-electron chi connectivity index (χ3n) is 3.07. The summed E-state index contributed by atoms with van der Waals surface area (Å²) in [6, 6.07) is 10.8. The largest absolute Gasteiger partial charge is 0.494 e. The number of hydrogen-bond donors (Lipinski definition) is 1. The van der Waals surface area contributed by atoms with Crippen molar-refractivity contribution in [2.75, 3.05) is 13.2 Å². The van der Waals surface area contributed by atoms with Crippen molar-refractivity contribution in [3.8, 4) is 5.75 Å². The van der Waals surface area contributed by atoms with Crippen LogP contribution in [-0.2, 0) is 0 Å². The van der Waals surface area contributed by atoms with Gasteiger partial charge in [0.05, 0.1) is 16.4 Å². The average Bonchev–Trinajstić information content (AvgIpc) is 2.76. The topological polar surface area (TPSA) is 21.3 Å². The van der Waals surface area contributed by atoms with Gasteiger partial charge in [-0.3, -0.25) is 0 Å². The van der Waals surface area contributed by atoms with Crippen molar-refractivity contribution in [3.63, 3.8) is 0 Å². The minimum absolute atomic E-state index is 0.218. The van der Waals surface area contributed by atoms with Crippen LogP contribution in [0.2, 0.25) is 0 Å². The summed E-state index contributed by atoms with van der Waals surface area (Å²) in [6.07, 6.45) is 0. The van der Waals surface area contributed by atoms with E-state index in [1.165, 1.54) is 19.8 Å². The summed E-state index contributed by atoms with van der Waals surface area (Å²) in [6.45, 7) is 7.89. The van der Waals surface area contributed by atoms with Gasteiger partial charge in [-0.2, -0.15) is 0 Å². The summed E-state index contributed by atoms with van der Waals surface area (Å²) in [7, 11) is 0. The van der Waals surface area contributed by atoms with Gasteiger partial charge in [0.1, 0.15) is 5.75 Å². The summed E-state index contributed by atoms with van der Waals surface area (Å²) in [5.41, 5.74) is 2.53. The third kappa shape index (κ3) is 3.62. The quantitative estimate of drug-likeness (QED) is 0.795. The molecule has 1 heterocycles. The van der Waals surface area contributed by atoms with Gasteiger partial charge >= 0.3 is 0 Å². The zero-order valence-electron chi connectivity index (χ0n) is 12.1. The minimum atomic E-state index is 0.218. The Kier molecular flexibility index (Phi) is 5.64. The van der Waals surface area contributed by atoms with Crippen LogP contribution >= 0.6 is 27.3 Å². The van der Waals surface area contributed by atoms with Crippen LogP contribution in [0.4, 0.5) is 0 Å². The highest BCUT2D eigenvalue weighted by Gasteiger charge is 2.17. The van der Waals surface area contributed by atoms with Crippen molar-refractivity contribution in [1.82, 2.24) is 5.32 Å². The number of nitrogens with one attached hydrogen (secondary N) is 1. The molecule has 0 bridgehead atoms. The normalized spacial score (nSPS) is 12.4. The second kappa shape index (κ2) is 7.25.